The quantitative estimate of drug-likeness (QED) is 0.141. The van der Waals surface area contributed by atoms with Crippen molar-refractivity contribution in [3.8, 4) is 16.9 Å². The standard InChI is InChI=1S/C43H52N6O5/c1-5-42(52)49-29(2)25-37(35-13-8-9-14-38(35)49)44-31-17-19-32(20-18-31)45-40(50)15-10-16-41(51)46-33-21-23-48(24-22-33)27-30-11-6-7-12-34(30)36-28-47(3)43(53)26-39(36)54-4/h6-9,11-14,17-20,26,28-29,33,37,44H,5,10,15-16,21-25,27H2,1-4H3,(H,45,50)(H,46,51)/t29-,37+/m0/s1. The molecule has 0 aliphatic carbocycles. The van der Waals surface area contributed by atoms with E-state index in [1.165, 1.54) is 6.07 Å². The molecule has 3 heterocycles. The van der Waals surface area contributed by atoms with Crippen molar-refractivity contribution in [3.05, 3.63) is 107 Å². The normalized spacial score (nSPS) is 17.4. The lowest BCUT2D eigenvalue weighted by Gasteiger charge is -2.40. The molecule has 0 saturated carbocycles. The molecule has 1 fully saturated rings. The van der Waals surface area contributed by atoms with E-state index in [0.29, 0.717) is 30.7 Å². The van der Waals surface area contributed by atoms with Crippen LogP contribution in [-0.4, -0.2) is 59.5 Å². The van der Waals surface area contributed by atoms with Crippen LogP contribution < -0.4 is 31.1 Å². The summed E-state index contributed by atoms with van der Waals surface area (Å²) in [6.45, 7) is 6.45. The molecule has 0 bridgehead atoms. The Morgan fingerprint density at radius 1 is 0.870 bits per heavy atom. The molecule has 4 aromatic rings. The van der Waals surface area contributed by atoms with Gasteiger partial charge in [0.05, 0.1) is 13.2 Å². The smallest absolute Gasteiger partial charge is 0.254 e. The fourth-order valence-corrected chi connectivity index (χ4v) is 7.66. The van der Waals surface area contributed by atoms with Crippen molar-refractivity contribution in [2.45, 2.75) is 83.5 Å². The van der Waals surface area contributed by atoms with Crippen molar-refractivity contribution >= 4 is 34.8 Å². The number of nitrogens with zero attached hydrogens (tertiary/aromatic N) is 3. The van der Waals surface area contributed by atoms with Gasteiger partial charge in [0.15, 0.2) is 0 Å². The van der Waals surface area contributed by atoms with E-state index in [1.54, 1.807) is 18.7 Å². The molecule has 284 valence electrons. The molecular weight excluding hydrogens is 681 g/mol. The van der Waals surface area contributed by atoms with Crippen molar-refractivity contribution in [1.29, 1.82) is 0 Å². The van der Waals surface area contributed by atoms with E-state index < -0.39 is 0 Å². The fourth-order valence-electron chi connectivity index (χ4n) is 7.66. The number of likely N-dealkylation sites (tertiary alicyclic amines) is 1. The number of carbonyl (C=O) groups excluding carboxylic acids is 3. The van der Waals surface area contributed by atoms with Crippen LogP contribution in [0.4, 0.5) is 17.1 Å². The van der Waals surface area contributed by atoms with Gasteiger partial charge in [-0.1, -0.05) is 49.4 Å². The summed E-state index contributed by atoms with van der Waals surface area (Å²) in [6, 6.07) is 25.7. The molecule has 54 heavy (non-hydrogen) atoms. The summed E-state index contributed by atoms with van der Waals surface area (Å²) in [5, 5.41) is 9.76. The van der Waals surface area contributed by atoms with Gasteiger partial charge in [0.1, 0.15) is 5.75 Å². The number of hydrogen-bond acceptors (Lipinski definition) is 7. The van der Waals surface area contributed by atoms with Crippen LogP contribution in [0.5, 0.6) is 5.75 Å². The summed E-state index contributed by atoms with van der Waals surface area (Å²) in [7, 11) is 3.32. The molecule has 2 aliphatic heterocycles. The average Bonchev–Trinajstić information content (AvgIpc) is 3.17. The third-order valence-electron chi connectivity index (χ3n) is 10.5. The average molecular weight is 733 g/mol. The summed E-state index contributed by atoms with van der Waals surface area (Å²) < 4.78 is 7.11. The van der Waals surface area contributed by atoms with Crippen molar-refractivity contribution in [1.82, 2.24) is 14.8 Å². The molecule has 2 aliphatic rings. The second-order valence-electron chi connectivity index (χ2n) is 14.4. The topological polar surface area (TPSA) is 125 Å². The maximum absolute atomic E-state index is 12.8. The number of benzene rings is 3. The third kappa shape index (κ3) is 9.20. The summed E-state index contributed by atoms with van der Waals surface area (Å²) >= 11 is 0. The Labute approximate surface area is 317 Å². The summed E-state index contributed by atoms with van der Waals surface area (Å²) in [4.78, 5) is 54.7. The number of hydrogen-bond donors (Lipinski definition) is 3. The minimum Gasteiger partial charge on any atom is -0.496 e. The predicted octanol–water partition coefficient (Wildman–Crippen LogP) is 6.64. The molecule has 0 radical (unpaired) electrons. The van der Waals surface area contributed by atoms with E-state index in [1.807, 2.05) is 72.6 Å². The molecule has 0 unspecified atom stereocenters. The first kappa shape index (κ1) is 38.3. The van der Waals surface area contributed by atoms with Gasteiger partial charge in [-0.3, -0.25) is 24.1 Å². The van der Waals surface area contributed by atoms with Gasteiger partial charge in [-0.25, -0.2) is 0 Å². The Balaban J connectivity index is 0.918. The first-order chi connectivity index (χ1) is 26.1. The Hall–Kier alpha value is -5.42. The van der Waals surface area contributed by atoms with Crippen LogP contribution in [-0.2, 0) is 28.0 Å². The zero-order chi connectivity index (χ0) is 38.2. The van der Waals surface area contributed by atoms with E-state index in [2.05, 4.69) is 46.0 Å². The zero-order valence-electron chi connectivity index (χ0n) is 31.8. The molecule has 3 N–H and O–H groups in total. The van der Waals surface area contributed by atoms with Gasteiger partial charge in [0.2, 0.25) is 17.7 Å². The number of anilines is 3. The van der Waals surface area contributed by atoms with E-state index in [9.17, 15) is 19.2 Å². The molecule has 11 nitrogen and oxygen atoms in total. The molecule has 11 heteroatoms. The third-order valence-corrected chi connectivity index (χ3v) is 10.5. The SMILES string of the molecule is CCC(=O)N1c2ccccc2[C@H](Nc2ccc(NC(=O)CCCC(=O)NC3CCN(Cc4ccccc4-c4cn(C)c(=O)cc4OC)CC3)cc2)C[C@@H]1C. The first-order valence-corrected chi connectivity index (χ1v) is 19.1. The highest BCUT2D eigenvalue weighted by Crippen LogP contribution is 2.39. The van der Waals surface area contributed by atoms with E-state index >= 15 is 0 Å². The number of amides is 3. The highest BCUT2D eigenvalue weighted by molar-refractivity contribution is 5.95. The Bertz CT molecular complexity index is 2000. The number of pyridine rings is 1. The highest BCUT2D eigenvalue weighted by atomic mass is 16.5. The second-order valence-corrected chi connectivity index (χ2v) is 14.4. The van der Waals surface area contributed by atoms with E-state index in [4.69, 9.17) is 4.74 Å². The number of carbonyl (C=O) groups is 3. The number of fused-ring (bicyclic) bond motifs is 1. The van der Waals surface area contributed by atoms with Gasteiger partial charge >= 0.3 is 0 Å². The largest absolute Gasteiger partial charge is 0.496 e. The minimum atomic E-state index is -0.122. The van der Waals surface area contributed by atoms with Crippen molar-refractivity contribution in [2.24, 2.45) is 7.05 Å². The van der Waals surface area contributed by atoms with Crippen LogP contribution in [0.1, 0.15) is 76.0 Å². The number of piperidine rings is 1. The zero-order valence-corrected chi connectivity index (χ0v) is 31.8. The number of para-hydroxylation sites is 1. The lowest BCUT2D eigenvalue weighted by molar-refractivity contribution is -0.122. The molecule has 0 spiro atoms. The number of nitrogens with one attached hydrogen (secondary N) is 3. The number of methoxy groups -OCH3 is 1. The van der Waals surface area contributed by atoms with Crippen LogP contribution in [0.15, 0.2) is 89.9 Å². The van der Waals surface area contributed by atoms with Gasteiger partial charge < -0.3 is 30.2 Å². The van der Waals surface area contributed by atoms with Gasteiger partial charge in [-0.2, -0.15) is 0 Å². The summed E-state index contributed by atoms with van der Waals surface area (Å²) in [6.07, 6.45) is 5.82. The highest BCUT2D eigenvalue weighted by Gasteiger charge is 2.33. The molecule has 3 amide bonds. The molecule has 2 atom stereocenters. The van der Waals surface area contributed by atoms with Crippen molar-refractivity contribution in [2.75, 3.05) is 35.7 Å². The molecular formula is C43H52N6O5. The van der Waals surface area contributed by atoms with Gasteiger partial charge in [0.25, 0.3) is 5.56 Å². The molecule has 1 aromatic heterocycles. The van der Waals surface area contributed by atoms with Crippen molar-refractivity contribution < 1.29 is 19.1 Å². The van der Waals surface area contributed by atoms with E-state index in [0.717, 1.165) is 72.5 Å². The minimum absolute atomic E-state index is 0.0235. The van der Waals surface area contributed by atoms with Crippen molar-refractivity contribution in [3.63, 3.8) is 0 Å². The van der Waals surface area contributed by atoms with Gasteiger partial charge in [0, 0.05) is 92.9 Å². The predicted molar refractivity (Wildman–Crippen MR) is 214 cm³/mol. The first-order valence-electron chi connectivity index (χ1n) is 19.1. The number of aryl methyl sites for hydroxylation is 1. The van der Waals surface area contributed by atoms with E-state index in [-0.39, 0.29) is 47.8 Å². The lowest BCUT2D eigenvalue weighted by Crippen LogP contribution is -2.44. The monoisotopic (exact) mass is 732 g/mol. The van der Waals surface area contributed by atoms with Gasteiger partial charge in [-0.15, -0.1) is 0 Å². The Morgan fingerprint density at radius 3 is 2.30 bits per heavy atom. The molecule has 6 rings (SSSR count). The summed E-state index contributed by atoms with van der Waals surface area (Å²) in [5.41, 5.74) is 6.65. The van der Waals surface area contributed by atoms with Crippen LogP contribution in [0.2, 0.25) is 0 Å². The van der Waals surface area contributed by atoms with Crippen LogP contribution in [0.25, 0.3) is 11.1 Å². The lowest BCUT2D eigenvalue weighted by atomic mass is 9.91. The molecule has 3 aromatic carbocycles. The maximum Gasteiger partial charge on any atom is 0.254 e. The Morgan fingerprint density at radius 2 is 1.56 bits per heavy atom. The fraction of sp³-hybridized carbons (Fsp3) is 0.395. The maximum atomic E-state index is 12.8. The number of rotatable bonds is 13. The summed E-state index contributed by atoms with van der Waals surface area (Å²) in [5.74, 6) is 0.541. The second kappa shape index (κ2) is 17.6. The van der Waals surface area contributed by atoms with Crippen LogP contribution in [0, 0.1) is 0 Å². The van der Waals surface area contributed by atoms with Crippen LogP contribution in [0.3, 0.4) is 0 Å². The number of ether oxygens (including phenoxy) is 1. The van der Waals surface area contributed by atoms with Gasteiger partial charge in [-0.05, 0) is 79.6 Å². The Kier molecular flexibility index (Phi) is 12.5. The molecule has 1 saturated heterocycles. The number of aromatic nitrogens is 1. The van der Waals surface area contributed by atoms with Crippen LogP contribution >= 0.6 is 0 Å².